The van der Waals surface area contributed by atoms with Gasteiger partial charge in [-0.3, -0.25) is 0 Å². The Labute approximate surface area is 71.5 Å². The molecule has 4 heteroatoms. The minimum Gasteiger partial charge on any atom is -0.512 e. The molecule has 0 bridgehead atoms. The van der Waals surface area contributed by atoms with Crippen LogP contribution in [0.3, 0.4) is 0 Å². The molecule has 0 aromatic heterocycles. The Morgan fingerprint density at radius 2 is 2.00 bits per heavy atom. The molecule has 0 aliphatic rings. The molecule has 0 unspecified atom stereocenters. The van der Waals surface area contributed by atoms with Crippen molar-refractivity contribution in [1.29, 1.82) is 0 Å². The van der Waals surface area contributed by atoms with E-state index < -0.39 is 12.6 Å². The van der Waals surface area contributed by atoms with Crippen LogP contribution in [0.2, 0.25) is 0 Å². The molecule has 0 rings (SSSR count). The van der Waals surface area contributed by atoms with E-state index in [0.29, 0.717) is 6.42 Å². The fourth-order valence-corrected chi connectivity index (χ4v) is 0.705. The fraction of sp³-hybridized carbons (Fsp3) is 0.625. The molecule has 0 aromatic rings. The normalized spacial score (nSPS) is 12.2. The van der Waals surface area contributed by atoms with Crippen LogP contribution < -0.4 is 0 Å². The lowest BCUT2D eigenvalue weighted by Crippen LogP contribution is -2.13. The van der Waals surface area contributed by atoms with Gasteiger partial charge >= 0.3 is 5.97 Å². The number of aliphatic hydroxyl groups excluding tert-OH is 2. The lowest BCUT2D eigenvalue weighted by atomic mass is 10.2. The highest BCUT2D eigenvalue weighted by atomic mass is 16.5. The summed E-state index contributed by atoms with van der Waals surface area (Å²) in [4.78, 5) is 11.0. The van der Waals surface area contributed by atoms with Gasteiger partial charge in [0.05, 0.1) is 18.8 Å². The summed E-state index contributed by atoms with van der Waals surface area (Å²) in [7, 11) is 0. The van der Waals surface area contributed by atoms with Crippen molar-refractivity contribution in [3.63, 3.8) is 0 Å². The number of carbonyl (C=O) groups excluding carboxylic acids is 1. The minimum absolute atomic E-state index is 0.0562. The largest absolute Gasteiger partial charge is 0.512 e. The van der Waals surface area contributed by atoms with Gasteiger partial charge in [0.25, 0.3) is 0 Å². The van der Waals surface area contributed by atoms with Gasteiger partial charge in [0, 0.05) is 6.42 Å². The zero-order valence-electron chi connectivity index (χ0n) is 7.33. The second kappa shape index (κ2) is 5.60. The van der Waals surface area contributed by atoms with Gasteiger partial charge in [-0.2, -0.15) is 0 Å². The van der Waals surface area contributed by atoms with Crippen molar-refractivity contribution in [1.82, 2.24) is 0 Å². The molecule has 0 saturated carbocycles. The van der Waals surface area contributed by atoms with E-state index in [1.807, 2.05) is 0 Å². The average molecular weight is 174 g/mol. The van der Waals surface area contributed by atoms with Crippen LogP contribution in [0.25, 0.3) is 0 Å². The zero-order chi connectivity index (χ0) is 9.56. The number of hydrogen-bond donors (Lipinski definition) is 2. The first kappa shape index (κ1) is 11.0. The van der Waals surface area contributed by atoms with E-state index in [0.717, 1.165) is 0 Å². The van der Waals surface area contributed by atoms with E-state index >= 15 is 0 Å². The second-order valence-electron chi connectivity index (χ2n) is 2.16. The summed E-state index contributed by atoms with van der Waals surface area (Å²) in [6, 6.07) is 0. The van der Waals surface area contributed by atoms with Crippen molar-refractivity contribution >= 4 is 5.97 Å². The summed E-state index contributed by atoms with van der Waals surface area (Å²) in [6.07, 6.45) is 0.314. The highest BCUT2D eigenvalue weighted by molar-refractivity contribution is 5.89. The van der Waals surface area contributed by atoms with E-state index in [9.17, 15) is 4.79 Å². The van der Waals surface area contributed by atoms with E-state index in [1.54, 1.807) is 13.8 Å². The highest BCUT2D eigenvalue weighted by Gasteiger charge is 2.13. The number of carbonyl (C=O) groups is 1. The summed E-state index contributed by atoms with van der Waals surface area (Å²) < 4.78 is 4.60. The zero-order valence-corrected chi connectivity index (χ0v) is 7.33. The molecule has 0 amide bonds. The third kappa shape index (κ3) is 2.92. The monoisotopic (exact) mass is 174 g/mol. The summed E-state index contributed by atoms with van der Waals surface area (Å²) in [5, 5.41) is 17.8. The maximum Gasteiger partial charge on any atom is 0.339 e. The van der Waals surface area contributed by atoms with Crippen LogP contribution in [0.5, 0.6) is 0 Å². The molecule has 0 spiro atoms. The molecular weight excluding hydrogens is 160 g/mol. The number of ether oxygens (including phenoxy) is 1. The Bertz CT molecular complexity index is 183. The van der Waals surface area contributed by atoms with Crippen molar-refractivity contribution in [2.45, 2.75) is 20.3 Å². The molecule has 0 heterocycles. The van der Waals surface area contributed by atoms with Crippen molar-refractivity contribution in [3.05, 3.63) is 11.3 Å². The fourth-order valence-electron chi connectivity index (χ4n) is 0.705. The average Bonchev–Trinajstić information content (AvgIpc) is 2.06. The van der Waals surface area contributed by atoms with Crippen molar-refractivity contribution < 1.29 is 19.7 Å². The maximum atomic E-state index is 11.0. The molecule has 2 N–H and O–H groups in total. The van der Waals surface area contributed by atoms with Crippen LogP contribution in [-0.4, -0.2) is 29.4 Å². The molecule has 0 aromatic carbocycles. The van der Waals surface area contributed by atoms with Gasteiger partial charge < -0.3 is 14.9 Å². The standard InChI is InChI=1S/C8H14O4/c1-3-7(10)6(5-9)8(11)12-4-2/h9-10H,3-5H2,1-2H3. The van der Waals surface area contributed by atoms with Crippen LogP contribution in [0.4, 0.5) is 0 Å². The summed E-state index contributed by atoms with van der Waals surface area (Å²) >= 11 is 0. The van der Waals surface area contributed by atoms with Crippen molar-refractivity contribution in [2.75, 3.05) is 13.2 Å². The molecule has 0 atom stereocenters. The highest BCUT2D eigenvalue weighted by Crippen LogP contribution is 2.06. The topological polar surface area (TPSA) is 66.8 Å². The van der Waals surface area contributed by atoms with Gasteiger partial charge in [-0.15, -0.1) is 0 Å². The van der Waals surface area contributed by atoms with Gasteiger partial charge in [-0.25, -0.2) is 4.79 Å². The smallest absolute Gasteiger partial charge is 0.339 e. The minimum atomic E-state index is -0.653. The van der Waals surface area contributed by atoms with Gasteiger partial charge in [0.15, 0.2) is 0 Å². The lowest BCUT2D eigenvalue weighted by Gasteiger charge is -2.05. The van der Waals surface area contributed by atoms with E-state index in [4.69, 9.17) is 10.2 Å². The summed E-state index contributed by atoms with van der Waals surface area (Å²) in [5.74, 6) is -0.768. The number of hydrogen-bond acceptors (Lipinski definition) is 4. The second-order valence-corrected chi connectivity index (χ2v) is 2.16. The lowest BCUT2D eigenvalue weighted by molar-refractivity contribution is -0.139. The van der Waals surface area contributed by atoms with Crippen LogP contribution >= 0.6 is 0 Å². The molecule has 70 valence electrons. The van der Waals surface area contributed by atoms with Crippen LogP contribution in [0.1, 0.15) is 20.3 Å². The van der Waals surface area contributed by atoms with Crippen LogP contribution in [-0.2, 0) is 9.53 Å². The van der Waals surface area contributed by atoms with Crippen LogP contribution in [0.15, 0.2) is 11.3 Å². The maximum absolute atomic E-state index is 11.0. The van der Waals surface area contributed by atoms with Gasteiger partial charge in [0.1, 0.15) is 5.76 Å². The molecule has 0 aliphatic carbocycles. The number of esters is 1. The number of allylic oxidation sites excluding steroid dienone is 1. The number of aliphatic hydroxyl groups is 2. The molecular formula is C8H14O4. The van der Waals surface area contributed by atoms with Gasteiger partial charge in [-0.1, -0.05) is 6.92 Å². The van der Waals surface area contributed by atoms with Gasteiger partial charge in [0.2, 0.25) is 0 Å². The van der Waals surface area contributed by atoms with E-state index in [2.05, 4.69) is 4.74 Å². The molecule has 0 radical (unpaired) electrons. The Morgan fingerprint density at radius 3 is 2.33 bits per heavy atom. The molecule has 0 fully saturated rings. The SMILES string of the molecule is CCOC(=O)C(CO)=C(O)CC. The molecule has 0 aliphatic heterocycles. The first-order valence-corrected chi connectivity index (χ1v) is 3.86. The van der Waals surface area contributed by atoms with E-state index in [-0.39, 0.29) is 17.9 Å². The third-order valence-electron chi connectivity index (χ3n) is 1.36. The van der Waals surface area contributed by atoms with Crippen molar-refractivity contribution in [2.24, 2.45) is 0 Å². The van der Waals surface area contributed by atoms with Crippen LogP contribution in [0, 0.1) is 0 Å². The van der Waals surface area contributed by atoms with E-state index in [1.165, 1.54) is 0 Å². The predicted molar refractivity (Wildman–Crippen MR) is 43.7 cm³/mol. The number of rotatable bonds is 4. The Kier molecular flexibility index (Phi) is 5.12. The van der Waals surface area contributed by atoms with Gasteiger partial charge in [-0.05, 0) is 6.92 Å². The quantitative estimate of drug-likeness (QED) is 0.375. The summed E-state index contributed by atoms with van der Waals surface area (Å²) in [6.45, 7) is 3.10. The Balaban J connectivity index is 4.44. The first-order chi connectivity index (χ1) is 5.67. The van der Waals surface area contributed by atoms with Crippen molar-refractivity contribution in [3.8, 4) is 0 Å². The predicted octanol–water partition coefficient (Wildman–Crippen LogP) is 0.764. The Morgan fingerprint density at radius 1 is 1.42 bits per heavy atom. The third-order valence-corrected chi connectivity index (χ3v) is 1.36. The molecule has 0 saturated heterocycles. The first-order valence-electron chi connectivity index (χ1n) is 3.86. The summed E-state index contributed by atoms with van der Waals surface area (Å²) in [5.41, 5.74) is -0.0562. The molecule has 12 heavy (non-hydrogen) atoms. The Hall–Kier alpha value is -1.03. The molecule has 4 nitrogen and oxygen atoms in total.